The van der Waals surface area contributed by atoms with Gasteiger partial charge in [-0.3, -0.25) is 0 Å². The standard InChI is InChI=1S/ClHO4.Dy/c2-1(3,4)5;/h(H,2,3,4,5);. The fraction of sp³-hybridized carbons (Fsp3) is 0. The number of rotatable bonds is 0. The van der Waals surface area contributed by atoms with Gasteiger partial charge in [-0.25, -0.2) is 0 Å². The van der Waals surface area contributed by atoms with Crippen molar-refractivity contribution >= 4 is 0 Å². The second kappa shape index (κ2) is 3.41. The first-order valence-corrected chi connectivity index (χ1v) is 1.90. The Morgan fingerprint density at radius 3 is 1.17 bits per heavy atom. The third kappa shape index (κ3) is 53.2. The molecule has 0 saturated heterocycles. The van der Waals surface area contributed by atoms with E-state index in [2.05, 4.69) is 0 Å². The fourth-order valence-electron chi connectivity index (χ4n) is 0. The van der Waals surface area contributed by atoms with Crippen molar-refractivity contribution in [2.75, 3.05) is 0 Å². The second-order valence-corrected chi connectivity index (χ2v) is 1.19. The van der Waals surface area contributed by atoms with E-state index in [9.17, 15) is 0 Å². The number of hydrogen-bond acceptors (Lipinski definition) is 4. The van der Waals surface area contributed by atoms with Gasteiger partial charge in [0.15, 0.2) is 0 Å². The summed E-state index contributed by atoms with van der Waals surface area (Å²) in [6, 6.07) is 0. The minimum Gasteiger partial charge on any atom is -0.183 e. The SMILES string of the molecule is [Dy].[O-][Cl+3]([O-])([O-])O. The van der Waals surface area contributed by atoms with Gasteiger partial charge in [0.25, 0.3) is 0 Å². The Kier molecular flexibility index (Phi) is 5.91. The zero-order valence-electron chi connectivity index (χ0n) is 2.37. The molecular formula is HClDyO4. The molecule has 0 spiro atoms. The van der Waals surface area contributed by atoms with E-state index in [4.69, 9.17) is 18.6 Å². The minimum atomic E-state index is -4.69. The van der Waals surface area contributed by atoms with Gasteiger partial charge in [0.2, 0.25) is 0 Å². The summed E-state index contributed by atoms with van der Waals surface area (Å²) in [5, 5.41) is 0. The molecule has 0 saturated carbocycles. The van der Waals surface area contributed by atoms with Gasteiger partial charge in [0, 0.05) is 38.2 Å². The van der Waals surface area contributed by atoms with Gasteiger partial charge in [0.05, 0.1) is 14.9 Å². The van der Waals surface area contributed by atoms with Crippen LogP contribution in [0.3, 0.4) is 0 Å². The van der Waals surface area contributed by atoms with Crippen molar-refractivity contribution in [1.29, 1.82) is 0 Å². The summed E-state index contributed by atoms with van der Waals surface area (Å²) in [5.74, 6) is 0. The third-order valence-electron chi connectivity index (χ3n) is 0. The molecule has 4 nitrogen and oxygen atoms in total. The van der Waals surface area contributed by atoms with Gasteiger partial charge >= 0.3 is 0 Å². The maximum Gasteiger partial charge on any atom is 0.0777 e. The van der Waals surface area contributed by atoms with Crippen LogP contribution in [-0.2, 0) is 0 Å². The predicted octanol–water partition coefficient (Wildman–Crippen LogP) is -4.12. The molecule has 0 aromatic rings. The van der Waals surface area contributed by atoms with Crippen LogP contribution in [0.25, 0.3) is 0 Å². The van der Waals surface area contributed by atoms with Gasteiger partial charge in [-0.1, -0.05) is 0 Å². The maximum atomic E-state index is 8.60. The van der Waals surface area contributed by atoms with Crippen molar-refractivity contribution in [1.82, 2.24) is 0 Å². The fourth-order valence-corrected chi connectivity index (χ4v) is 0. The van der Waals surface area contributed by atoms with E-state index in [1.807, 2.05) is 0 Å². The minimum absolute atomic E-state index is 0. The van der Waals surface area contributed by atoms with Crippen LogP contribution in [-0.4, -0.2) is 4.66 Å². The van der Waals surface area contributed by atoms with Crippen LogP contribution in [0.2, 0.25) is 0 Å². The normalized spacial score (nSPS) is 10.0. The Bertz CT molecular complexity index is 23.0. The monoisotopic (exact) mass is 264 g/mol. The van der Waals surface area contributed by atoms with E-state index < -0.39 is 10.2 Å². The van der Waals surface area contributed by atoms with E-state index in [0.717, 1.165) is 0 Å². The van der Waals surface area contributed by atoms with Crippen LogP contribution in [0.15, 0.2) is 0 Å². The summed E-state index contributed by atoms with van der Waals surface area (Å²) in [7, 11) is -4.69. The van der Waals surface area contributed by atoms with Crippen molar-refractivity contribution in [3.8, 4) is 0 Å². The summed E-state index contributed by atoms with van der Waals surface area (Å²) >= 11 is 0. The zero-order chi connectivity index (χ0) is 4.50. The largest absolute Gasteiger partial charge is 0.183 e. The van der Waals surface area contributed by atoms with Crippen molar-refractivity contribution < 1.29 is 67.1 Å². The topological polar surface area (TPSA) is 89.4 Å². The second-order valence-electron chi connectivity index (χ2n) is 0.396. The quantitative estimate of drug-likeness (QED) is 0.480. The molecule has 0 heterocycles. The van der Waals surface area contributed by atoms with Crippen LogP contribution in [0.1, 0.15) is 0 Å². The molecular weight excluding hydrogens is 262 g/mol. The first-order chi connectivity index (χ1) is 2.00. The van der Waals surface area contributed by atoms with Crippen LogP contribution in [0, 0.1) is 48.4 Å². The van der Waals surface area contributed by atoms with Crippen molar-refractivity contribution in [3.05, 3.63) is 0 Å². The molecule has 0 fully saturated rings. The molecule has 6 heteroatoms. The molecule has 0 aromatic carbocycles. The summed E-state index contributed by atoms with van der Waals surface area (Å²) < 4.78 is 32.7. The van der Waals surface area contributed by atoms with Crippen molar-refractivity contribution in [2.45, 2.75) is 0 Å². The summed E-state index contributed by atoms with van der Waals surface area (Å²) in [6.45, 7) is 0. The molecule has 0 aliphatic carbocycles. The molecule has 0 bridgehead atoms. The smallest absolute Gasteiger partial charge is 0.0777 e. The average Bonchev–Trinajstić information content (AvgIpc) is 0.722. The molecule has 42 valence electrons. The zero-order valence-corrected chi connectivity index (χ0v) is 5.15. The van der Waals surface area contributed by atoms with Gasteiger partial charge in [0.1, 0.15) is 0 Å². The van der Waals surface area contributed by atoms with Gasteiger partial charge in [-0.2, -0.15) is 14.0 Å². The Labute approximate surface area is 66.5 Å². The van der Waals surface area contributed by atoms with Crippen LogP contribution < -0.4 is 14.0 Å². The summed E-state index contributed by atoms with van der Waals surface area (Å²) in [5.41, 5.74) is 0. The molecule has 0 atom stereocenters. The summed E-state index contributed by atoms with van der Waals surface area (Å²) in [6.07, 6.45) is 0. The Morgan fingerprint density at radius 2 is 1.17 bits per heavy atom. The Hall–Kier alpha value is 1.40. The molecule has 0 aromatic heterocycles. The molecule has 0 aliphatic heterocycles. The Balaban J connectivity index is 0. The number of hydrogen-bond donors (Lipinski definition) is 1. The number of halogens is 1. The summed E-state index contributed by atoms with van der Waals surface area (Å²) in [4.78, 5) is 0. The van der Waals surface area contributed by atoms with Crippen molar-refractivity contribution in [3.63, 3.8) is 0 Å². The van der Waals surface area contributed by atoms with Crippen LogP contribution >= 0.6 is 0 Å². The van der Waals surface area contributed by atoms with Gasteiger partial charge < -0.3 is 0 Å². The molecule has 1 N–H and O–H groups in total. The molecule has 0 aliphatic rings. The molecule has 0 unspecified atom stereocenters. The van der Waals surface area contributed by atoms with Crippen LogP contribution in [0.4, 0.5) is 0 Å². The van der Waals surface area contributed by atoms with Gasteiger partial charge in [-0.15, -0.1) is 0 Å². The molecule has 0 amide bonds. The average molecular weight is 263 g/mol. The predicted molar refractivity (Wildman–Crippen MR) is 2.22 cm³/mol. The molecule has 0 radical (unpaired) electrons. The Morgan fingerprint density at radius 1 is 1.17 bits per heavy atom. The van der Waals surface area contributed by atoms with E-state index in [1.54, 1.807) is 0 Å². The van der Waals surface area contributed by atoms with E-state index in [0.29, 0.717) is 0 Å². The first-order valence-electron chi connectivity index (χ1n) is 0.632. The van der Waals surface area contributed by atoms with E-state index in [1.165, 1.54) is 0 Å². The van der Waals surface area contributed by atoms with Crippen LogP contribution in [0.5, 0.6) is 0 Å². The van der Waals surface area contributed by atoms with Gasteiger partial charge in [-0.05, 0) is 0 Å². The maximum absolute atomic E-state index is 8.60. The first kappa shape index (κ1) is 10.4. The van der Waals surface area contributed by atoms with E-state index >= 15 is 0 Å². The van der Waals surface area contributed by atoms with E-state index in [-0.39, 0.29) is 38.2 Å². The molecule has 0 rings (SSSR count). The third-order valence-corrected chi connectivity index (χ3v) is 0. The van der Waals surface area contributed by atoms with Crippen molar-refractivity contribution in [2.24, 2.45) is 0 Å². The molecule has 6 heavy (non-hydrogen) atoms.